The van der Waals surface area contributed by atoms with Gasteiger partial charge in [0.2, 0.25) is 0 Å². The van der Waals surface area contributed by atoms with Crippen LogP contribution in [0.5, 0.6) is 11.5 Å². The fraction of sp³-hybridized carbons (Fsp3) is 0.0769. The van der Waals surface area contributed by atoms with Gasteiger partial charge in [-0.15, -0.1) is 0 Å². The molecule has 0 amide bonds. The van der Waals surface area contributed by atoms with E-state index in [1.54, 1.807) is 30.3 Å². The lowest BCUT2D eigenvalue weighted by molar-refractivity contribution is 0.0472. The number of aromatic hydroxyl groups is 1. The smallest absolute Gasteiger partial charge is 0.342 e. The van der Waals surface area contributed by atoms with Crippen molar-refractivity contribution in [2.24, 2.45) is 0 Å². The summed E-state index contributed by atoms with van der Waals surface area (Å²) >= 11 is 0. The number of hydrogen-bond acceptors (Lipinski definition) is 5. The summed E-state index contributed by atoms with van der Waals surface area (Å²) in [6.45, 7) is 0.0102. The standard InChI is InChI=1S/C26H20O5/c27-24-15-21-9-5-4-8-20(21)14-23(24)26(29)31-17-25(28)19-10-12-22(13-11-19)30-16-18-6-2-1-3-7-18/h1-15,27H,16-17H2. The van der Waals surface area contributed by atoms with E-state index in [0.717, 1.165) is 16.3 Å². The second kappa shape index (κ2) is 9.13. The maximum atomic E-state index is 12.4. The predicted molar refractivity (Wildman–Crippen MR) is 117 cm³/mol. The number of fused-ring (bicyclic) bond motifs is 1. The van der Waals surface area contributed by atoms with Crippen molar-refractivity contribution >= 4 is 22.5 Å². The topological polar surface area (TPSA) is 72.8 Å². The van der Waals surface area contributed by atoms with E-state index in [1.807, 2.05) is 54.6 Å². The van der Waals surface area contributed by atoms with Crippen LogP contribution in [0.25, 0.3) is 10.8 Å². The Morgan fingerprint density at radius 2 is 1.42 bits per heavy atom. The highest BCUT2D eigenvalue weighted by Crippen LogP contribution is 2.25. The molecular weight excluding hydrogens is 392 g/mol. The van der Waals surface area contributed by atoms with E-state index in [2.05, 4.69) is 0 Å². The molecule has 4 aromatic rings. The first kappa shape index (κ1) is 20.2. The van der Waals surface area contributed by atoms with Crippen molar-refractivity contribution in [3.05, 3.63) is 108 Å². The normalized spacial score (nSPS) is 10.6. The van der Waals surface area contributed by atoms with Crippen LogP contribution in [0.4, 0.5) is 0 Å². The Hall–Kier alpha value is -4.12. The summed E-state index contributed by atoms with van der Waals surface area (Å²) in [5.41, 5.74) is 1.48. The van der Waals surface area contributed by atoms with E-state index < -0.39 is 12.6 Å². The third-order valence-electron chi connectivity index (χ3n) is 4.84. The van der Waals surface area contributed by atoms with Crippen LogP contribution in [-0.2, 0) is 11.3 Å². The first-order valence-corrected chi connectivity index (χ1v) is 9.79. The Balaban J connectivity index is 1.35. The maximum absolute atomic E-state index is 12.4. The molecule has 0 saturated carbocycles. The van der Waals surface area contributed by atoms with Crippen molar-refractivity contribution in [2.45, 2.75) is 6.61 Å². The lowest BCUT2D eigenvalue weighted by Gasteiger charge is -2.09. The number of ether oxygens (including phenoxy) is 2. The molecule has 0 aliphatic heterocycles. The monoisotopic (exact) mass is 412 g/mol. The van der Waals surface area contributed by atoms with Gasteiger partial charge in [-0.05, 0) is 52.7 Å². The lowest BCUT2D eigenvalue weighted by atomic mass is 10.1. The van der Waals surface area contributed by atoms with E-state index >= 15 is 0 Å². The minimum Gasteiger partial charge on any atom is -0.507 e. The summed E-state index contributed by atoms with van der Waals surface area (Å²) in [5, 5.41) is 11.7. The molecule has 5 heteroatoms. The molecule has 1 N–H and O–H groups in total. The number of Topliss-reactive ketones (excluding diaryl/α,β-unsaturated/α-hetero) is 1. The molecule has 4 rings (SSSR count). The number of ketones is 1. The van der Waals surface area contributed by atoms with E-state index in [4.69, 9.17) is 9.47 Å². The zero-order valence-corrected chi connectivity index (χ0v) is 16.7. The molecule has 0 aromatic heterocycles. The van der Waals surface area contributed by atoms with E-state index in [-0.39, 0.29) is 17.1 Å². The van der Waals surface area contributed by atoms with Gasteiger partial charge in [-0.3, -0.25) is 4.79 Å². The highest BCUT2D eigenvalue weighted by atomic mass is 16.5. The van der Waals surface area contributed by atoms with Crippen LogP contribution in [0.3, 0.4) is 0 Å². The van der Waals surface area contributed by atoms with Gasteiger partial charge in [0.15, 0.2) is 12.4 Å². The number of rotatable bonds is 7. The highest BCUT2D eigenvalue weighted by molar-refractivity contribution is 6.01. The number of hydrogen-bond donors (Lipinski definition) is 1. The Morgan fingerprint density at radius 3 is 2.13 bits per heavy atom. The molecule has 0 aliphatic carbocycles. The van der Waals surface area contributed by atoms with Gasteiger partial charge in [-0.2, -0.15) is 0 Å². The van der Waals surface area contributed by atoms with E-state index in [1.165, 1.54) is 6.07 Å². The fourth-order valence-corrected chi connectivity index (χ4v) is 3.16. The molecule has 0 fully saturated rings. The number of phenols is 1. The van der Waals surface area contributed by atoms with E-state index in [9.17, 15) is 14.7 Å². The molecular formula is C26H20O5. The lowest BCUT2D eigenvalue weighted by Crippen LogP contribution is -2.14. The van der Waals surface area contributed by atoms with Gasteiger partial charge in [0.1, 0.15) is 23.7 Å². The first-order chi connectivity index (χ1) is 15.1. The second-order valence-corrected chi connectivity index (χ2v) is 7.01. The number of phenolic OH excluding ortho intramolecular Hbond substituents is 1. The molecule has 0 aliphatic rings. The maximum Gasteiger partial charge on any atom is 0.342 e. The molecule has 0 heterocycles. The van der Waals surface area contributed by atoms with Crippen molar-refractivity contribution in [2.75, 3.05) is 6.61 Å². The zero-order chi connectivity index (χ0) is 21.6. The van der Waals surface area contributed by atoms with Crippen molar-refractivity contribution < 1.29 is 24.2 Å². The summed E-state index contributed by atoms with van der Waals surface area (Å²) in [6, 6.07) is 26.8. The quantitative estimate of drug-likeness (QED) is 0.335. The second-order valence-electron chi connectivity index (χ2n) is 7.01. The summed E-state index contributed by atoms with van der Waals surface area (Å²) in [4.78, 5) is 24.8. The van der Waals surface area contributed by atoms with Gasteiger partial charge in [-0.25, -0.2) is 4.79 Å². The SMILES string of the molecule is O=C(COC(=O)c1cc2ccccc2cc1O)c1ccc(OCc2ccccc2)cc1. The largest absolute Gasteiger partial charge is 0.507 e. The Morgan fingerprint density at radius 1 is 0.774 bits per heavy atom. The summed E-state index contributed by atoms with van der Waals surface area (Å²) in [5.74, 6) is -0.641. The van der Waals surface area contributed by atoms with Crippen LogP contribution in [0.2, 0.25) is 0 Å². The molecule has 31 heavy (non-hydrogen) atoms. The number of carbonyl (C=O) groups excluding carboxylic acids is 2. The van der Waals surface area contributed by atoms with Crippen LogP contribution in [0.1, 0.15) is 26.3 Å². The first-order valence-electron chi connectivity index (χ1n) is 9.79. The molecule has 0 unspecified atom stereocenters. The van der Waals surface area contributed by atoms with Gasteiger partial charge in [0.25, 0.3) is 0 Å². The van der Waals surface area contributed by atoms with Crippen molar-refractivity contribution in [3.63, 3.8) is 0 Å². The zero-order valence-electron chi connectivity index (χ0n) is 16.7. The Labute approximate surface area is 179 Å². The van der Waals surface area contributed by atoms with Crippen LogP contribution in [-0.4, -0.2) is 23.5 Å². The average molecular weight is 412 g/mol. The minimum absolute atomic E-state index is 0.0242. The van der Waals surface area contributed by atoms with Gasteiger partial charge < -0.3 is 14.6 Å². The highest BCUT2D eigenvalue weighted by Gasteiger charge is 2.16. The number of carbonyl (C=O) groups is 2. The minimum atomic E-state index is -0.751. The Bertz CT molecular complexity index is 1210. The van der Waals surface area contributed by atoms with Crippen molar-refractivity contribution in [1.29, 1.82) is 0 Å². The van der Waals surface area contributed by atoms with Gasteiger partial charge in [0, 0.05) is 5.56 Å². The van der Waals surface area contributed by atoms with Crippen LogP contribution >= 0.6 is 0 Å². The molecule has 154 valence electrons. The predicted octanol–water partition coefficient (Wildman–Crippen LogP) is 5.16. The average Bonchev–Trinajstić information content (AvgIpc) is 2.81. The molecule has 5 nitrogen and oxygen atoms in total. The molecule has 0 bridgehead atoms. The van der Waals surface area contributed by atoms with Crippen molar-refractivity contribution in [1.82, 2.24) is 0 Å². The van der Waals surface area contributed by atoms with Crippen molar-refractivity contribution in [3.8, 4) is 11.5 Å². The molecule has 0 radical (unpaired) electrons. The third-order valence-corrected chi connectivity index (χ3v) is 4.84. The summed E-state index contributed by atoms with van der Waals surface area (Å²) in [7, 11) is 0. The number of esters is 1. The van der Waals surface area contributed by atoms with Gasteiger partial charge in [-0.1, -0.05) is 54.6 Å². The molecule has 0 spiro atoms. The molecule has 0 saturated heterocycles. The fourth-order valence-electron chi connectivity index (χ4n) is 3.16. The number of benzene rings is 4. The van der Waals surface area contributed by atoms with Gasteiger partial charge >= 0.3 is 5.97 Å². The summed E-state index contributed by atoms with van der Waals surface area (Å²) in [6.07, 6.45) is 0. The molecule has 4 aromatic carbocycles. The van der Waals surface area contributed by atoms with Crippen LogP contribution in [0.15, 0.2) is 91.0 Å². The Kier molecular flexibility index (Phi) is 5.94. The van der Waals surface area contributed by atoms with Crippen LogP contribution < -0.4 is 4.74 Å². The summed E-state index contributed by atoms with van der Waals surface area (Å²) < 4.78 is 10.8. The molecule has 0 atom stereocenters. The van der Waals surface area contributed by atoms with Crippen LogP contribution in [0, 0.1) is 0 Å². The third kappa shape index (κ3) is 4.90. The van der Waals surface area contributed by atoms with E-state index in [0.29, 0.717) is 17.9 Å². The van der Waals surface area contributed by atoms with Gasteiger partial charge in [0.05, 0.1) is 0 Å².